The summed E-state index contributed by atoms with van der Waals surface area (Å²) in [5.74, 6) is 1.41. The van der Waals surface area contributed by atoms with E-state index >= 15 is 0 Å². The van der Waals surface area contributed by atoms with Gasteiger partial charge in [0.25, 0.3) is 0 Å². The molecule has 0 bridgehead atoms. The Morgan fingerprint density at radius 3 is 2.86 bits per heavy atom. The Morgan fingerprint density at radius 1 is 1.33 bits per heavy atom. The SMILES string of the molecule is C[C@H]1C[C@H]2NC(=O)C[C@H]2[C@@H]1CNC(=O)Nc1ccccc1. The van der Waals surface area contributed by atoms with E-state index in [4.69, 9.17) is 0 Å². The fourth-order valence-corrected chi connectivity index (χ4v) is 3.67. The van der Waals surface area contributed by atoms with Gasteiger partial charge in [-0.25, -0.2) is 4.79 Å². The number of amides is 3. The summed E-state index contributed by atoms with van der Waals surface area (Å²) in [4.78, 5) is 23.4. The number of fused-ring (bicyclic) bond motifs is 1. The molecule has 0 radical (unpaired) electrons. The van der Waals surface area contributed by atoms with E-state index in [1.807, 2.05) is 30.3 Å². The molecule has 4 atom stereocenters. The molecular formula is C16H21N3O2. The predicted molar refractivity (Wildman–Crippen MR) is 80.8 cm³/mol. The highest BCUT2D eigenvalue weighted by Gasteiger charge is 2.46. The summed E-state index contributed by atoms with van der Waals surface area (Å²) in [6.45, 7) is 2.82. The second-order valence-corrected chi connectivity index (χ2v) is 6.12. The van der Waals surface area contributed by atoms with E-state index in [-0.39, 0.29) is 11.9 Å². The molecule has 1 aromatic rings. The number of para-hydroxylation sites is 1. The minimum atomic E-state index is -0.186. The lowest BCUT2D eigenvalue weighted by atomic mass is 9.88. The molecule has 5 heteroatoms. The van der Waals surface area contributed by atoms with Crippen LogP contribution < -0.4 is 16.0 Å². The van der Waals surface area contributed by atoms with Crippen molar-refractivity contribution in [2.45, 2.75) is 25.8 Å². The zero-order chi connectivity index (χ0) is 14.8. The number of carbonyl (C=O) groups is 2. The second kappa shape index (κ2) is 5.76. The number of carbonyl (C=O) groups excluding carboxylic acids is 2. The molecule has 1 heterocycles. The third-order valence-electron chi connectivity index (χ3n) is 4.72. The van der Waals surface area contributed by atoms with Gasteiger partial charge in [-0.1, -0.05) is 25.1 Å². The van der Waals surface area contributed by atoms with Crippen LogP contribution in [0.2, 0.25) is 0 Å². The zero-order valence-electron chi connectivity index (χ0n) is 12.1. The van der Waals surface area contributed by atoms with Crippen LogP contribution >= 0.6 is 0 Å². The third-order valence-corrected chi connectivity index (χ3v) is 4.72. The van der Waals surface area contributed by atoms with E-state index in [1.54, 1.807) is 0 Å². The minimum Gasteiger partial charge on any atom is -0.353 e. The standard InChI is InChI=1S/C16H21N3O2/c1-10-7-14-12(8-15(20)19-14)13(10)9-17-16(21)18-11-5-3-2-4-6-11/h2-6,10,12-14H,7-9H2,1H3,(H,19,20)(H2,17,18,21)/t10-,12-,13+,14+/m0/s1. The molecule has 0 unspecified atom stereocenters. The Balaban J connectivity index is 1.52. The molecule has 112 valence electrons. The molecule has 2 fully saturated rings. The van der Waals surface area contributed by atoms with Crippen molar-refractivity contribution < 1.29 is 9.59 Å². The number of hydrogen-bond donors (Lipinski definition) is 3. The highest BCUT2D eigenvalue weighted by atomic mass is 16.2. The van der Waals surface area contributed by atoms with Gasteiger partial charge in [0.05, 0.1) is 0 Å². The van der Waals surface area contributed by atoms with Crippen molar-refractivity contribution >= 4 is 17.6 Å². The maximum absolute atomic E-state index is 11.9. The number of hydrogen-bond acceptors (Lipinski definition) is 2. The van der Waals surface area contributed by atoms with Gasteiger partial charge in [0.2, 0.25) is 5.91 Å². The van der Waals surface area contributed by atoms with Gasteiger partial charge < -0.3 is 16.0 Å². The van der Waals surface area contributed by atoms with Gasteiger partial charge >= 0.3 is 6.03 Å². The highest BCUT2D eigenvalue weighted by molar-refractivity contribution is 5.89. The smallest absolute Gasteiger partial charge is 0.319 e. The van der Waals surface area contributed by atoms with Crippen molar-refractivity contribution in [2.75, 3.05) is 11.9 Å². The van der Waals surface area contributed by atoms with Crippen LogP contribution in [-0.2, 0) is 4.79 Å². The summed E-state index contributed by atoms with van der Waals surface area (Å²) in [6, 6.07) is 9.50. The number of anilines is 1. The molecule has 3 N–H and O–H groups in total. The molecule has 0 aromatic heterocycles. The van der Waals surface area contributed by atoms with Crippen LogP contribution in [0.3, 0.4) is 0 Å². The molecule has 1 saturated heterocycles. The van der Waals surface area contributed by atoms with Crippen LogP contribution in [0.4, 0.5) is 10.5 Å². The Morgan fingerprint density at radius 2 is 2.10 bits per heavy atom. The highest BCUT2D eigenvalue weighted by Crippen LogP contribution is 2.41. The lowest BCUT2D eigenvalue weighted by Gasteiger charge is -2.21. The minimum absolute atomic E-state index is 0.149. The number of rotatable bonds is 3. The zero-order valence-corrected chi connectivity index (χ0v) is 12.1. The van der Waals surface area contributed by atoms with Crippen molar-refractivity contribution in [3.8, 4) is 0 Å². The topological polar surface area (TPSA) is 70.2 Å². The fraction of sp³-hybridized carbons (Fsp3) is 0.500. The summed E-state index contributed by atoms with van der Waals surface area (Å²) >= 11 is 0. The Hall–Kier alpha value is -2.04. The van der Waals surface area contributed by atoms with Gasteiger partial charge in [-0.15, -0.1) is 0 Å². The van der Waals surface area contributed by atoms with E-state index in [0.29, 0.717) is 36.8 Å². The molecule has 3 amide bonds. The maximum atomic E-state index is 11.9. The van der Waals surface area contributed by atoms with Crippen molar-refractivity contribution in [1.82, 2.24) is 10.6 Å². The quantitative estimate of drug-likeness (QED) is 0.795. The van der Waals surface area contributed by atoms with E-state index in [2.05, 4.69) is 22.9 Å². The molecule has 21 heavy (non-hydrogen) atoms. The average Bonchev–Trinajstić information content (AvgIpc) is 2.93. The van der Waals surface area contributed by atoms with Crippen LogP contribution in [0, 0.1) is 17.8 Å². The van der Waals surface area contributed by atoms with Crippen LogP contribution in [0.1, 0.15) is 19.8 Å². The van der Waals surface area contributed by atoms with Crippen LogP contribution in [0.15, 0.2) is 30.3 Å². The molecule has 2 aliphatic rings. The van der Waals surface area contributed by atoms with E-state index in [9.17, 15) is 9.59 Å². The molecule has 3 rings (SSSR count). The average molecular weight is 287 g/mol. The van der Waals surface area contributed by atoms with Gasteiger partial charge in [-0.3, -0.25) is 4.79 Å². The Kier molecular flexibility index (Phi) is 3.82. The van der Waals surface area contributed by atoms with Crippen LogP contribution in [0.5, 0.6) is 0 Å². The first-order chi connectivity index (χ1) is 10.1. The van der Waals surface area contributed by atoms with Gasteiger partial charge in [-0.05, 0) is 36.3 Å². The number of urea groups is 1. The first kappa shape index (κ1) is 13.9. The van der Waals surface area contributed by atoms with Crippen molar-refractivity contribution in [2.24, 2.45) is 17.8 Å². The summed E-state index contributed by atoms with van der Waals surface area (Å²) < 4.78 is 0. The normalized spacial score (nSPS) is 30.6. The van der Waals surface area contributed by atoms with Crippen molar-refractivity contribution in [3.63, 3.8) is 0 Å². The van der Waals surface area contributed by atoms with E-state index in [1.165, 1.54) is 0 Å². The molecular weight excluding hydrogens is 266 g/mol. The Labute approximate surface area is 124 Å². The Bertz CT molecular complexity index is 532. The first-order valence-electron chi connectivity index (χ1n) is 7.53. The predicted octanol–water partition coefficient (Wildman–Crippen LogP) is 1.97. The third kappa shape index (κ3) is 3.01. The van der Waals surface area contributed by atoms with Crippen LogP contribution in [-0.4, -0.2) is 24.5 Å². The first-order valence-corrected chi connectivity index (χ1v) is 7.53. The van der Waals surface area contributed by atoms with Crippen molar-refractivity contribution in [1.29, 1.82) is 0 Å². The molecule has 1 saturated carbocycles. The summed E-state index contributed by atoms with van der Waals surface area (Å²) in [5, 5.41) is 8.79. The molecule has 5 nitrogen and oxygen atoms in total. The summed E-state index contributed by atoms with van der Waals surface area (Å²) in [7, 11) is 0. The molecule has 1 aromatic carbocycles. The van der Waals surface area contributed by atoms with E-state index < -0.39 is 0 Å². The monoisotopic (exact) mass is 287 g/mol. The van der Waals surface area contributed by atoms with E-state index in [0.717, 1.165) is 12.1 Å². The fourth-order valence-electron chi connectivity index (χ4n) is 3.67. The lowest BCUT2D eigenvalue weighted by molar-refractivity contribution is -0.119. The van der Waals surface area contributed by atoms with Crippen molar-refractivity contribution in [3.05, 3.63) is 30.3 Å². The summed E-state index contributed by atoms with van der Waals surface area (Å²) in [6.07, 6.45) is 1.62. The van der Waals surface area contributed by atoms with Gasteiger partial charge in [-0.2, -0.15) is 0 Å². The second-order valence-electron chi connectivity index (χ2n) is 6.12. The summed E-state index contributed by atoms with van der Waals surface area (Å²) in [5.41, 5.74) is 0.782. The largest absolute Gasteiger partial charge is 0.353 e. The van der Waals surface area contributed by atoms with Gasteiger partial charge in [0.15, 0.2) is 0 Å². The number of benzene rings is 1. The molecule has 1 aliphatic carbocycles. The molecule has 1 aliphatic heterocycles. The molecule has 0 spiro atoms. The van der Waals surface area contributed by atoms with Crippen LogP contribution in [0.25, 0.3) is 0 Å². The van der Waals surface area contributed by atoms with Gasteiger partial charge in [0, 0.05) is 24.7 Å². The lowest BCUT2D eigenvalue weighted by Crippen LogP contribution is -2.36. The maximum Gasteiger partial charge on any atom is 0.319 e. The number of nitrogens with one attached hydrogen (secondary N) is 3. The van der Waals surface area contributed by atoms with Gasteiger partial charge in [0.1, 0.15) is 0 Å².